The van der Waals surface area contributed by atoms with E-state index in [1.54, 1.807) is 16.9 Å². The predicted molar refractivity (Wildman–Crippen MR) is 72.3 cm³/mol. The number of rotatable bonds is 7. The number of halogens is 2. The number of hydrogen-bond acceptors (Lipinski definition) is 3. The molecular weight excluding hydrogens is 280 g/mol. The highest BCUT2D eigenvalue weighted by Gasteiger charge is 2.09. The molecule has 1 amide bonds. The van der Waals surface area contributed by atoms with Gasteiger partial charge >= 0.3 is 6.61 Å². The Morgan fingerprint density at radius 3 is 2.95 bits per heavy atom. The lowest BCUT2D eigenvalue weighted by Crippen LogP contribution is -2.25. The molecule has 0 aliphatic rings. The van der Waals surface area contributed by atoms with Gasteiger partial charge in [-0.25, -0.2) is 0 Å². The third-order valence-electron chi connectivity index (χ3n) is 2.73. The fourth-order valence-electron chi connectivity index (χ4n) is 1.79. The maximum atomic E-state index is 12.1. The molecule has 0 spiro atoms. The van der Waals surface area contributed by atoms with Crippen molar-refractivity contribution in [3.8, 4) is 5.75 Å². The van der Waals surface area contributed by atoms with Crippen LogP contribution in [-0.4, -0.2) is 28.8 Å². The van der Waals surface area contributed by atoms with Gasteiger partial charge in [0.1, 0.15) is 5.75 Å². The van der Waals surface area contributed by atoms with Crippen molar-refractivity contribution in [2.75, 3.05) is 6.54 Å². The number of alkyl halides is 2. The average Bonchev–Trinajstić information content (AvgIpc) is 2.96. The maximum absolute atomic E-state index is 12.1. The quantitative estimate of drug-likeness (QED) is 0.797. The minimum Gasteiger partial charge on any atom is -0.435 e. The number of aromatic nitrogens is 2. The zero-order valence-corrected chi connectivity index (χ0v) is 11.2. The zero-order valence-electron chi connectivity index (χ0n) is 11.2. The average molecular weight is 295 g/mol. The van der Waals surface area contributed by atoms with Crippen molar-refractivity contribution < 1.29 is 18.3 Å². The summed E-state index contributed by atoms with van der Waals surface area (Å²) in [6.07, 6.45) is 4.25. The number of aryl methyl sites for hydroxylation is 1. The first-order valence-corrected chi connectivity index (χ1v) is 6.45. The summed E-state index contributed by atoms with van der Waals surface area (Å²) in [4.78, 5) is 11.9. The van der Waals surface area contributed by atoms with Crippen LogP contribution in [0.5, 0.6) is 5.75 Å². The number of nitrogens with one attached hydrogen (secondary N) is 1. The second-order valence-corrected chi connectivity index (χ2v) is 4.28. The lowest BCUT2D eigenvalue weighted by atomic mass is 10.2. The molecule has 0 saturated heterocycles. The van der Waals surface area contributed by atoms with Gasteiger partial charge in [0, 0.05) is 31.0 Å². The number of amides is 1. The number of ether oxygens (including phenoxy) is 1. The molecule has 0 fully saturated rings. The topological polar surface area (TPSA) is 56.2 Å². The highest BCUT2D eigenvalue weighted by molar-refractivity contribution is 5.94. The Bertz CT molecular complexity index is 573. The number of nitrogens with zero attached hydrogens (tertiary/aromatic N) is 2. The molecule has 0 radical (unpaired) electrons. The van der Waals surface area contributed by atoms with Crippen molar-refractivity contribution in [2.45, 2.75) is 19.6 Å². The lowest BCUT2D eigenvalue weighted by molar-refractivity contribution is -0.0498. The first kappa shape index (κ1) is 15.0. The Morgan fingerprint density at radius 2 is 2.24 bits per heavy atom. The van der Waals surface area contributed by atoms with Gasteiger partial charge in [0.25, 0.3) is 5.91 Å². The van der Waals surface area contributed by atoms with Gasteiger partial charge in [0.2, 0.25) is 0 Å². The molecular formula is C14H15F2N3O2. The van der Waals surface area contributed by atoms with Crippen LogP contribution in [0.2, 0.25) is 0 Å². The van der Waals surface area contributed by atoms with Crippen molar-refractivity contribution in [3.63, 3.8) is 0 Å². The van der Waals surface area contributed by atoms with Gasteiger partial charge in [-0.3, -0.25) is 9.48 Å². The summed E-state index contributed by atoms with van der Waals surface area (Å²) >= 11 is 0. The van der Waals surface area contributed by atoms with E-state index in [2.05, 4.69) is 15.2 Å². The Balaban J connectivity index is 1.79. The summed E-state index contributed by atoms with van der Waals surface area (Å²) in [5.74, 6) is -0.357. The van der Waals surface area contributed by atoms with E-state index in [1.807, 2.05) is 12.3 Å². The normalized spacial score (nSPS) is 10.6. The van der Waals surface area contributed by atoms with Crippen LogP contribution in [-0.2, 0) is 6.54 Å². The second-order valence-electron chi connectivity index (χ2n) is 4.28. The summed E-state index contributed by atoms with van der Waals surface area (Å²) in [6.45, 7) is -1.74. The largest absolute Gasteiger partial charge is 0.435 e. The smallest absolute Gasteiger partial charge is 0.387 e. The van der Waals surface area contributed by atoms with Crippen molar-refractivity contribution in [2.24, 2.45) is 0 Å². The zero-order chi connectivity index (χ0) is 15.1. The highest BCUT2D eigenvalue weighted by Crippen LogP contribution is 2.15. The summed E-state index contributed by atoms with van der Waals surface area (Å²) in [6, 6.07) is 7.53. The first-order valence-electron chi connectivity index (χ1n) is 6.45. The Labute approximate surface area is 120 Å². The summed E-state index contributed by atoms with van der Waals surface area (Å²) in [5, 5.41) is 6.77. The van der Waals surface area contributed by atoms with Crippen LogP contribution in [0.3, 0.4) is 0 Å². The molecule has 7 heteroatoms. The molecule has 1 N–H and O–H groups in total. The van der Waals surface area contributed by atoms with E-state index in [0.29, 0.717) is 13.1 Å². The predicted octanol–water partition coefficient (Wildman–Crippen LogP) is 2.30. The number of benzene rings is 1. The molecule has 0 unspecified atom stereocenters. The molecule has 1 heterocycles. The molecule has 0 aliphatic carbocycles. The van der Waals surface area contributed by atoms with Crippen LogP contribution in [0, 0.1) is 0 Å². The van der Waals surface area contributed by atoms with Crippen LogP contribution < -0.4 is 10.1 Å². The Kier molecular flexibility index (Phi) is 5.25. The standard InChI is InChI=1S/C14H15F2N3O2/c15-14(16)21-12-5-1-4-11(10-12)13(20)17-6-2-8-19-9-3-7-18-19/h1,3-5,7,9-10,14H,2,6,8H2,(H,17,20). The van der Waals surface area contributed by atoms with E-state index in [9.17, 15) is 13.6 Å². The van der Waals surface area contributed by atoms with E-state index >= 15 is 0 Å². The number of hydrogen-bond donors (Lipinski definition) is 1. The van der Waals surface area contributed by atoms with Gasteiger partial charge in [-0.1, -0.05) is 6.07 Å². The minimum absolute atomic E-state index is 0.0332. The summed E-state index contributed by atoms with van der Waals surface area (Å²) < 4.78 is 30.2. The molecule has 2 rings (SSSR count). The highest BCUT2D eigenvalue weighted by atomic mass is 19.3. The van der Waals surface area contributed by atoms with E-state index in [0.717, 1.165) is 6.42 Å². The monoisotopic (exact) mass is 295 g/mol. The number of carbonyl (C=O) groups is 1. The third kappa shape index (κ3) is 4.87. The van der Waals surface area contributed by atoms with Crippen LogP contribution in [0.4, 0.5) is 8.78 Å². The van der Waals surface area contributed by atoms with Gasteiger partial charge < -0.3 is 10.1 Å². The molecule has 5 nitrogen and oxygen atoms in total. The van der Waals surface area contributed by atoms with Gasteiger partial charge in [0.05, 0.1) is 0 Å². The van der Waals surface area contributed by atoms with Crippen LogP contribution in [0.1, 0.15) is 16.8 Å². The van der Waals surface area contributed by atoms with E-state index < -0.39 is 6.61 Å². The molecule has 2 aromatic rings. The molecule has 1 aromatic heterocycles. The second kappa shape index (κ2) is 7.37. The maximum Gasteiger partial charge on any atom is 0.387 e. The van der Waals surface area contributed by atoms with Gasteiger partial charge in [-0.05, 0) is 30.7 Å². The van der Waals surface area contributed by atoms with Gasteiger partial charge in [0.15, 0.2) is 0 Å². The van der Waals surface area contributed by atoms with E-state index in [4.69, 9.17) is 0 Å². The van der Waals surface area contributed by atoms with Crippen LogP contribution in [0.15, 0.2) is 42.7 Å². The Hall–Kier alpha value is -2.44. The number of carbonyl (C=O) groups excluding carboxylic acids is 1. The molecule has 21 heavy (non-hydrogen) atoms. The van der Waals surface area contributed by atoms with E-state index in [1.165, 1.54) is 18.2 Å². The van der Waals surface area contributed by atoms with Gasteiger partial charge in [-0.2, -0.15) is 13.9 Å². The molecule has 112 valence electrons. The van der Waals surface area contributed by atoms with Gasteiger partial charge in [-0.15, -0.1) is 0 Å². The van der Waals surface area contributed by atoms with Crippen molar-refractivity contribution in [1.29, 1.82) is 0 Å². The third-order valence-corrected chi connectivity index (χ3v) is 2.73. The fourth-order valence-corrected chi connectivity index (χ4v) is 1.79. The molecule has 0 saturated carbocycles. The Morgan fingerprint density at radius 1 is 1.38 bits per heavy atom. The van der Waals surface area contributed by atoms with E-state index in [-0.39, 0.29) is 17.2 Å². The first-order chi connectivity index (χ1) is 10.1. The van der Waals surface area contributed by atoms with Crippen LogP contribution >= 0.6 is 0 Å². The lowest BCUT2D eigenvalue weighted by Gasteiger charge is -2.08. The molecule has 0 atom stereocenters. The molecule has 0 aliphatic heterocycles. The minimum atomic E-state index is -2.91. The van der Waals surface area contributed by atoms with Crippen molar-refractivity contribution in [3.05, 3.63) is 48.3 Å². The van der Waals surface area contributed by atoms with Crippen molar-refractivity contribution in [1.82, 2.24) is 15.1 Å². The SMILES string of the molecule is O=C(NCCCn1cccn1)c1cccc(OC(F)F)c1. The summed E-state index contributed by atoms with van der Waals surface area (Å²) in [5.41, 5.74) is 0.284. The van der Waals surface area contributed by atoms with Crippen LogP contribution in [0.25, 0.3) is 0 Å². The molecule has 0 bridgehead atoms. The summed E-state index contributed by atoms with van der Waals surface area (Å²) in [7, 11) is 0. The molecule has 1 aromatic carbocycles. The fraction of sp³-hybridized carbons (Fsp3) is 0.286. The van der Waals surface area contributed by atoms with Crippen molar-refractivity contribution >= 4 is 5.91 Å².